The maximum atomic E-state index is 10.9. The van der Waals surface area contributed by atoms with E-state index >= 15 is 0 Å². The lowest BCUT2D eigenvalue weighted by molar-refractivity contribution is 0.0117. The van der Waals surface area contributed by atoms with Crippen molar-refractivity contribution in [2.45, 2.75) is 18.4 Å². The van der Waals surface area contributed by atoms with Crippen LogP contribution in [0.3, 0.4) is 0 Å². The molecule has 110 valence electrons. The fraction of sp³-hybridized carbons (Fsp3) is 0.333. The van der Waals surface area contributed by atoms with Gasteiger partial charge in [0.05, 0.1) is 18.0 Å². The number of rotatable bonds is 2. The second kappa shape index (κ2) is 5.79. The summed E-state index contributed by atoms with van der Waals surface area (Å²) in [5.74, 6) is 0.740. The number of aromatic nitrogens is 2. The highest BCUT2D eigenvalue weighted by molar-refractivity contribution is 6.31. The van der Waals surface area contributed by atoms with E-state index in [2.05, 4.69) is 14.9 Å². The van der Waals surface area contributed by atoms with Crippen molar-refractivity contribution in [2.75, 3.05) is 18.0 Å². The van der Waals surface area contributed by atoms with Crippen molar-refractivity contribution >= 4 is 29.0 Å². The van der Waals surface area contributed by atoms with Crippen molar-refractivity contribution in [3.63, 3.8) is 0 Å². The first-order valence-corrected chi connectivity index (χ1v) is 7.54. The number of anilines is 1. The Balaban J connectivity index is 1.77. The molecule has 3 rings (SSSR count). The lowest BCUT2D eigenvalue weighted by Gasteiger charge is -2.39. The van der Waals surface area contributed by atoms with Crippen molar-refractivity contribution in [3.8, 4) is 0 Å². The fourth-order valence-corrected chi connectivity index (χ4v) is 3.15. The van der Waals surface area contributed by atoms with Gasteiger partial charge in [-0.3, -0.25) is 4.98 Å². The number of nitrogens with zero attached hydrogens (tertiary/aromatic N) is 3. The summed E-state index contributed by atoms with van der Waals surface area (Å²) in [5.41, 5.74) is -0.0931. The number of halogens is 2. The molecule has 0 radical (unpaired) electrons. The number of aliphatic hydroxyl groups is 1. The highest BCUT2D eigenvalue weighted by Gasteiger charge is 2.35. The van der Waals surface area contributed by atoms with Gasteiger partial charge in [0.1, 0.15) is 11.0 Å². The summed E-state index contributed by atoms with van der Waals surface area (Å²) < 4.78 is 0. The summed E-state index contributed by atoms with van der Waals surface area (Å²) in [4.78, 5) is 10.4. The molecule has 0 aliphatic carbocycles. The second-order valence-electron chi connectivity index (χ2n) is 5.20. The van der Waals surface area contributed by atoms with Crippen molar-refractivity contribution < 1.29 is 5.11 Å². The molecule has 1 aliphatic rings. The first-order valence-electron chi connectivity index (χ1n) is 6.78. The predicted octanol–water partition coefficient (Wildman–Crippen LogP) is 3.27. The summed E-state index contributed by atoms with van der Waals surface area (Å²) in [5, 5.41) is 11.9. The van der Waals surface area contributed by atoms with Gasteiger partial charge in [-0.15, -0.1) is 0 Å². The smallest absolute Gasteiger partial charge is 0.149 e. The first kappa shape index (κ1) is 14.6. The second-order valence-corrected chi connectivity index (χ2v) is 5.99. The molecule has 1 aromatic carbocycles. The van der Waals surface area contributed by atoms with Crippen LogP contribution in [0.25, 0.3) is 0 Å². The molecular formula is C15H15Cl2N3O. The normalized spacial score (nSPS) is 17.8. The van der Waals surface area contributed by atoms with E-state index in [4.69, 9.17) is 23.2 Å². The van der Waals surface area contributed by atoms with Crippen LogP contribution in [-0.2, 0) is 5.60 Å². The van der Waals surface area contributed by atoms with Gasteiger partial charge in [0, 0.05) is 23.7 Å². The minimum absolute atomic E-state index is 0.374. The van der Waals surface area contributed by atoms with E-state index in [1.54, 1.807) is 6.20 Å². The van der Waals surface area contributed by atoms with E-state index in [0.29, 0.717) is 36.1 Å². The molecule has 0 unspecified atom stereocenters. The highest BCUT2D eigenvalue weighted by Crippen LogP contribution is 2.37. The third kappa shape index (κ3) is 2.98. The Labute approximate surface area is 133 Å². The molecule has 6 heteroatoms. The van der Waals surface area contributed by atoms with E-state index in [9.17, 15) is 5.11 Å². The Kier molecular flexibility index (Phi) is 4.02. The Bertz CT molecular complexity index is 642. The Morgan fingerprint density at radius 1 is 1.10 bits per heavy atom. The first-order chi connectivity index (χ1) is 10.1. The molecule has 2 aromatic rings. The predicted molar refractivity (Wildman–Crippen MR) is 83.8 cm³/mol. The quantitative estimate of drug-likeness (QED) is 0.921. The highest BCUT2D eigenvalue weighted by atomic mass is 35.5. The molecule has 1 saturated heterocycles. The molecule has 4 nitrogen and oxygen atoms in total. The molecule has 1 aromatic heterocycles. The van der Waals surface area contributed by atoms with Crippen LogP contribution < -0.4 is 4.90 Å². The molecule has 0 spiro atoms. The summed E-state index contributed by atoms with van der Waals surface area (Å²) >= 11 is 12.1. The van der Waals surface area contributed by atoms with Crippen LogP contribution in [0.5, 0.6) is 0 Å². The Hall–Kier alpha value is -1.36. The van der Waals surface area contributed by atoms with Crippen LogP contribution in [0.2, 0.25) is 10.2 Å². The molecule has 1 N–H and O–H groups in total. The van der Waals surface area contributed by atoms with E-state index in [0.717, 1.165) is 11.4 Å². The lowest BCUT2D eigenvalue weighted by Crippen LogP contribution is -2.43. The molecule has 21 heavy (non-hydrogen) atoms. The summed E-state index contributed by atoms with van der Waals surface area (Å²) in [7, 11) is 0. The molecule has 1 aliphatic heterocycles. The molecule has 0 atom stereocenters. The minimum atomic E-state index is -0.888. The van der Waals surface area contributed by atoms with Crippen molar-refractivity contribution in [3.05, 3.63) is 52.4 Å². The maximum Gasteiger partial charge on any atom is 0.149 e. The SMILES string of the molecule is OC1(c2ccccc2Cl)CCN(c2cncc(Cl)n2)CC1. The minimum Gasteiger partial charge on any atom is -0.385 e. The van der Waals surface area contributed by atoms with Crippen LogP contribution in [0.1, 0.15) is 18.4 Å². The molecular weight excluding hydrogens is 309 g/mol. The van der Waals surface area contributed by atoms with E-state index in [1.807, 2.05) is 24.3 Å². The average Bonchev–Trinajstić information content (AvgIpc) is 2.48. The zero-order chi connectivity index (χ0) is 14.9. The zero-order valence-corrected chi connectivity index (χ0v) is 12.8. The topological polar surface area (TPSA) is 49.2 Å². The van der Waals surface area contributed by atoms with Gasteiger partial charge in [-0.05, 0) is 18.9 Å². The molecule has 0 saturated carbocycles. The third-order valence-corrected chi connectivity index (χ3v) is 4.39. The van der Waals surface area contributed by atoms with E-state index in [-0.39, 0.29) is 0 Å². The fourth-order valence-electron chi connectivity index (χ4n) is 2.70. The largest absolute Gasteiger partial charge is 0.385 e. The molecule has 0 amide bonds. The summed E-state index contributed by atoms with van der Waals surface area (Å²) in [6.07, 6.45) is 4.37. The van der Waals surface area contributed by atoms with Gasteiger partial charge >= 0.3 is 0 Å². The van der Waals surface area contributed by atoms with Gasteiger partial charge in [0.2, 0.25) is 0 Å². The third-order valence-electron chi connectivity index (χ3n) is 3.88. The zero-order valence-electron chi connectivity index (χ0n) is 11.3. The number of hydrogen-bond donors (Lipinski definition) is 1. The van der Waals surface area contributed by atoms with Gasteiger partial charge in [-0.2, -0.15) is 0 Å². The van der Waals surface area contributed by atoms with Gasteiger partial charge in [-0.25, -0.2) is 4.98 Å². The van der Waals surface area contributed by atoms with Crippen molar-refractivity contribution in [1.82, 2.24) is 9.97 Å². The van der Waals surface area contributed by atoms with Crippen LogP contribution in [-0.4, -0.2) is 28.2 Å². The van der Waals surface area contributed by atoms with Crippen molar-refractivity contribution in [2.24, 2.45) is 0 Å². The molecule has 2 heterocycles. The Morgan fingerprint density at radius 2 is 1.81 bits per heavy atom. The standard InChI is InChI=1S/C15H15Cl2N3O/c16-12-4-2-1-3-11(12)15(21)5-7-20(8-6-15)14-10-18-9-13(17)19-14/h1-4,9-10,21H,5-8H2. The summed E-state index contributed by atoms with van der Waals surface area (Å²) in [6.45, 7) is 1.35. The van der Waals surface area contributed by atoms with Crippen LogP contribution in [0.4, 0.5) is 5.82 Å². The number of hydrogen-bond acceptors (Lipinski definition) is 4. The van der Waals surface area contributed by atoms with Crippen molar-refractivity contribution in [1.29, 1.82) is 0 Å². The van der Waals surface area contributed by atoms with Gasteiger partial charge in [-0.1, -0.05) is 41.4 Å². The van der Waals surface area contributed by atoms with Gasteiger partial charge < -0.3 is 10.0 Å². The van der Waals surface area contributed by atoms with E-state index < -0.39 is 5.60 Å². The molecule has 1 fully saturated rings. The number of piperidine rings is 1. The van der Waals surface area contributed by atoms with Gasteiger partial charge in [0.25, 0.3) is 0 Å². The lowest BCUT2D eigenvalue weighted by atomic mass is 9.84. The Morgan fingerprint density at radius 3 is 2.48 bits per heavy atom. The van der Waals surface area contributed by atoms with Gasteiger partial charge in [0.15, 0.2) is 0 Å². The molecule has 0 bridgehead atoms. The average molecular weight is 324 g/mol. The summed E-state index contributed by atoms with van der Waals surface area (Å²) in [6, 6.07) is 7.46. The van der Waals surface area contributed by atoms with Crippen LogP contribution in [0.15, 0.2) is 36.7 Å². The van der Waals surface area contributed by atoms with Crippen LogP contribution in [0, 0.1) is 0 Å². The van der Waals surface area contributed by atoms with Crippen LogP contribution >= 0.6 is 23.2 Å². The number of benzene rings is 1. The maximum absolute atomic E-state index is 10.9. The van der Waals surface area contributed by atoms with E-state index in [1.165, 1.54) is 6.20 Å². The monoisotopic (exact) mass is 323 g/mol.